The molecule has 0 bridgehead atoms. The van der Waals surface area contributed by atoms with E-state index in [2.05, 4.69) is 20.4 Å². The van der Waals surface area contributed by atoms with E-state index in [9.17, 15) is 14.0 Å². The highest BCUT2D eigenvalue weighted by Crippen LogP contribution is 2.27. The normalized spacial score (nSPS) is 10.6. The molecule has 3 aromatic rings. The van der Waals surface area contributed by atoms with Crippen LogP contribution in [0.15, 0.2) is 49.1 Å². The van der Waals surface area contributed by atoms with Gasteiger partial charge in [-0.1, -0.05) is 12.1 Å². The quantitative estimate of drug-likeness (QED) is 0.649. The van der Waals surface area contributed by atoms with Gasteiger partial charge >= 0.3 is 0 Å². The summed E-state index contributed by atoms with van der Waals surface area (Å²) in [6.07, 6.45) is 4.36. The Morgan fingerprint density at radius 2 is 2.04 bits per heavy atom. The van der Waals surface area contributed by atoms with Crippen LogP contribution < -0.4 is 11.1 Å². The summed E-state index contributed by atoms with van der Waals surface area (Å²) >= 11 is 0. The molecule has 0 radical (unpaired) electrons. The number of benzene rings is 1. The Labute approximate surface area is 154 Å². The van der Waals surface area contributed by atoms with Crippen molar-refractivity contribution in [1.29, 1.82) is 0 Å². The molecule has 27 heavy (non-hydrogen) atoms. The average Bonchev–Trinajstić information content (AvgIpc) is 3.06. The Morgan fingerprint density at radius 3 is 2.74 bits per heavy atom. The van der Waals surface area contributed by atoms with Crippen LogP contribution in [0.1, 0.15) is 22.5 Å². The van der Waals surface area contributed by atoms with E-state index in [4.69, 9.17) is 5.73 Å². The molecule has 0 spiro atoms. The molecule has 0 unspecified atom stereocenters. The third-order valence-electron chi connectivity index (χ3n) is 3.82. The van der Waals surface area contributed by atoms with Gasteiger partial charge in [-0.3, -0.25) is 14.3 Å². The maximum Gasteiger partial charge on any atom is 0.255 e. The average molecular weight is 368 g/mol. The summed E-state index contributed by atoms with van der Waals surface area (Å²) in [5.74, 6) is -1.47. The number of carbonyl (C=O) groups is 2. The number of amides is 2. The van der Waals surface area contributed by atoms with Crippen LogP contribution in [-0.2, 0) is 11.3 Å². The highest BCUT2D eigenvalue weighted by Gasteiger charge is 2.21. The molecule has 0 atom stereocenters. The van der Waals surface area contributed by atoms with Crippen LogP contribution in [0.2, 0.25) is 0 Å². The van der Waals surface area contributed by atoms with E-state index in [0.717, 1.165) is 0 Å². The van der Waals surface area contributed by atoms with Crippen molar-refractivity contribution in [2.45, 2.75) is 13.0 Å². The van der Waals surface area contributed by atoms with Gasteiger partial charge in [0, 0.05) is 24.7 Å². The summed E-state index contributed by atoms with van der Waals surface area (Å²) in [6.45, 7) is 0.322. The first-order valence-corrected chi connectivity index (χ1v) is 8.18. The van der Waals surface area contributed by atoms with Crippen molar-refractivity contribution in [3.8, 4) is 11.3 Å². The fraction of sp³-hybridized carbons (Fsp3) is 0.167. The van der Waals surface area contributed by atoms with Crippen LogP contribution in [-0.4, -0.2) is 38.1 Å². The Balaban J connectivity index is 1.97. The number of nitrogens with one attached hydrogen (secondary N) is 1. The molecule has 0 saturated carbocycles. The molecule has 9 heteroatoms. The van der Waals surface area contributed by atoms with Crippen LogP contribution in [0.25, 0.3) is 11.3 Å². The number of primary amides is 1. The van der Waals surface area contributed by atoms with E-state index in [1.165, 1.54) is 23.3 Å². The van der Waals surface area contributed by atoms with Crippen molar-refractivity contribution < 1.29 is 14.0 Å². The minimum Gasteiger partial charge on any atom is -0.370 e. The SMILES string of the molecule is NC(=O)CCNC(=O)c1cnn(Cc2ccncn2)c1-c1ccccc1F. The van der Waals surface area contributed by atoms with Gasteiger partial charge in [-0.15, -0.1) is 0 Å². The maximum atomic E-state index is 14.4. The molecule has 0 saturated heterocycles. The highest BCUT2D eigenvalue weighted by atomic mass is 19.1. The third kappa shape index (κ3) is 4.32. The second-order valence-corrected chi connectivity index (χ2v) is 5.72. The standard InChI is InChI=1S/C18H17FN6O2/c19-15-4-2-1-3-13(15)17-14(18(27)22-8-6-16(20)26)9-24-25(17)10-12-5-7-21-11-23-12/h1-5,7,9,11H,6,8,10H2,(H2,20,26)(H,22,27). The molecule has 3 rings (SSSR count). The van der Waals surface area contributed by atoms with E-state index in [-0.39, 0.29) is 30.6 Å². The first-order valence-electron chi connectivity index (χ1n) is 8.18. The van der Waals surface area contributed by atoms with Crippen LogP contribution in [0.4, 0.5) is 4.39 Å². The van der Waals surface area contributed by atoms with E-state index < -0.39 is 17.6 Å². The smallest absolute Gasteiger partial charge is 0.255 e. The maximum absolute atomic E-state index is 14.4. The van der Waals surface area contributed by atoms with Gasteiger partial charge in [-0.05, 0) is 18.2 Å². The Bertz CT molecular complexity index is 957. The van der Waals surface area contributed by atoms with Crippen molar-refractivity contribution in [3.63, 3.8) is 0 Å². The number of hydrogen-bond acceptors (Lipinski definition) is 5. The van der Waals surface area contributed by atoms with Gasteiger partial charge in [0.25, 0.3) is 5.91 Å². The van der Waals surface area contributed by atoms with Crippen molar-refractivity contribution in [3.05, 3.63) is 66.1 Å². The molecule has 8 nitrogen and oxygen atoms in total. The van der Waals surface area contributed by atoms with E-state index in [1.54, 1.807) is 30.5 Å². The van der Waals surface area contributed by atoms with Gasteiger partial charge in [-0.2, -0.15) is 5.10 Å². The van der Waals surface area contributed by atoms with E-state index in [1.807, 2.05) is 0 Å². The number of hydrogen-bond donors (Lipinski definition) is 2. The van der Waals surface area contributed by atoms with Gasteiger partial charge in [0.1, 0.15) is 12.1 Å². The minimum absolute atomic E-state index is 0.00977. The number of carbonyl (C=O) groups excluding carboxylic acids is 2. The summed E-state index contributed by atoms with van der Waals surface area (Å²) in [7, 11) is 0. The molecule has 1 aromatic carbocycles. The van der Waals surface area contributed by atoms with Gasteiger partial charge < -0.3 is 11.1 Å². The minimum atomic E-state index is -0.524. The first-order chi connectivity index (χ1) is 13.1. The molecule has 0 aliphatic carbocycles. The second kappa shape index (κ2) is 8.17. The van der Waals surface area contributed by atoms with Gasteiger partial charge in [0.15, 0.2) is 0 Å². The van der Waals surface area contributed by atoms with Crippen molar-refractivity contribution >= 4 is 11.8 Å². The summed E-state index contributed by atoms with van der Waals surface area (Å²) in [4.78, 5) is 31.4. The Hall–Kier alpha value is -3.62. The Kier molecular flexibility index (Phi) is 5.50. The largest absolute Gasteiger partial charge is 0.370 e. The lowest BCUT2D eigenvalue weighted by atomic mass is 10.1. The number of aromatic nitrogens is 4. The van der Waals surface area contributed by atoms with Crippen molar-refractivity contribution in [2.24, 2.45) is 5.73 Å². The molecule has 2 heterocycles. The molecule has 0 fully saturated rings. The number of nitrogens with two attached hydrogens (primary N) is 1. The van der Waals surface area contributed by atoms with Gasteiger partial charge in [0.05, 0.1) is 29.7 Å². The lowest BCUT2D eigenvalue weighted by Crippen LogP contribution is -2.28. The fourth-order valence-corrected chi connectivity index (χ4v) is 2.57. The second-order valence-electron chi connectivity index (χ2n) is 5.72. The molecule has 0 aliphatic rings. The number of rotatable bonds is 7. The summed E-state index contributed by atoms with van der Waals surface area (Å²) < 4.78 is 15.9. The van der Waals surface area contributed by atoms with E-state index >= 15 is 0 Å². The monoisotopic (exact) mass is 368 g/mol. The molecule has 0 aliphatic heterocycles. The zero-order valence-electron chi connectivity index (χ0n) is 14.3. The molecular weight excluding hydrogens is 351 g/mol. The number of halogens is 1. The van der Waals surface area contributed by atoms with E-state index in [0.29, 0.717) is 11.4 Å². The topological polar surface area (TPSA) is 116 Å². The Morgan fingerprint density at radius 1 is 1.22 bits per heavy atom. The summed E-state index contributed by atoms with van der Waals surface area (Å²) in [5.41, 5.74) is 6.49. The molecule has 3 N–H and O–H groups in total. The third-order valence-corrected chi connectivity index (χ3v) is 3.82. The number of nitrogens with zero attached hydrogens (tertiary/aromatic N) is 4. The van der Waals surface area contributed by atoms with Crippen LogP contribution in [0.5, 0.6) is 0 Å². The lowest BCUT2D eigenvalue weighted by molar-refractivity contribution is -0.117. The predicted octanol–water partition coefficient (Wildman–Crippen LogP) is 1.13. The molecule has 2 amide bonds. The zero-order valence-corrected chi connectivity index (χ0v) is 14.3. The van der Waals surface area contributed by atoms with Gasteiger partial charge in [-0.25, -0.2) is 14.4 Å². The summed E-state index contributed by atoms with van der Waals surface area (Å²) in [5, 5.41) is 6.83. The van der Waals surface area contributed by atoms with Gasteiger partial charge in [0.2, 0.25) is 5.91 Å². The fourth-order valence-electron chi connectivity index (χ4n) is 2.57. The van der Waals surface area contributed by atoms with Crippen molar-refractivity contribution in [1.82, 2.24) is 25.1 Å². The highest BCUT2D eigenvalue weighted by molar-refractivity contribution is 6.00. The molecule has 138 valence electrons. The lowest BCUT2D eigenvalue weighted by Gasteiger charge is -2.11. The summed E-state index contributed by atoms with van der Waals surface area (Å²) in [6, 6.07) is 7.83. The predicted molar refractivity (Wildman–Crippen MR) is 94.9 cm³/mol. The molecular formula is C18H17FN6O2. The van der Waals surface area contributed by atoms with Crippen LogP contribution in [0.3, 0.4) is 0 Å². The van der Waals surface area contributed by atoms with Crippen molar-refractivity contribution in [2.75, 3.05) is 6.54 Å². The zero-order chi connectivity index (χ0) is 19.2. The molecule has 2 aromatic heterocycles. The van der Waals surface area contributed by atoms with Crippen LogP contribution in [0, 0.1) is 5.82 Å². The van der Waals surface area contributed by atoms with Crippen LogP contribution >= 0.6 is 0 Å². The first kappa shape index (κ1) is 18.2.